The number of nitrogens with one attached hydrogen (secondary N) is 2. The maximum absolute atomic E-state index is 11.8. The Kier molecular flexibility index (Phi) is 5.51. The van der Waals surface area contributed by atoms with Gasteiger partial charge in [0, 0.05) is 23.3 Å². The highest BCUT2D eigenvalue weighted by atomic mass is 35.5. The average molecular weight is 282 g/mol. The smallest absolute Gasteiger partial charge is 0.236 e. The zero-order valence-corrected chi connectivity index (χ0v) is 11.8. The van der Waals surface area contributed by atoms with Crippen LogP contribution in [0.1, 0.15) is 25.8 Å². The molecule has 0 heterocycles. The minimum atomic E-state index is -0.270. The molecule has 1 aromatic rings. The lowest BCUT2D eigenvalue weighted by atomic mass is 10.2. The lowest BCUT2D eigenvalue weighted by Crippen LogP contribution is -2.19. The fourth-order valence-electron chi connectivity index (χ4n) is 1.41. The van der Waals surface area contributed by atoms with Gasteiger partial charge in [-0.3, -0.25) is 9.59 Å². The number of halogens is 1. The van der Waals surface area contributed by atoms with Gasteiger partial charge in [0.15, 0.2) is 0 Å². The second kappa shape index (κ2) is 6.89. The second-order valence-corrected chi connectivity index (χ2v) is 4.64. The first-order valence-electron chi connectivity index (χ1n) is 5.74. The third kappa shape index (κ3) is 5.52. The second-order valence-electron chi connectivity index (χ2n) is 4.20. The highest BCUT2D eigenvalue weighted by Crippen LogP contribution is 2.19. The Morgan fingerprint density at radius 3 is 2.58 bits per heavy atom. The normalized spacial score (nSPS) is 11.1. The zero-order valence-electron chi connectivity index (χ0n) is 11.1. The predicted octanol–water partition coefficient (Wildman–Crippen LogP) is 2.49. The van der Waals surface area contributed by atoms with Crippen LogP contribution in [0.15, 0.2) is 23.3 Å². The van der Waals surface area contributed by atoms with E-state index in [0.717, 1.165) is 5.56 Å². The Labute approximate surface area is 117 Å². The van der Waals surface area contributed by atoms with Crippen molar-refractivity contribution in [2.45, 2.75) is 27.2 Å². The molecule has 1 rings (SSSR count). The zero-order chi connectivity index (χ0) is 14.4. The van der Waals surface area contributed by atoms with E-state index >= 15 is 0 Å². The van der Waals surface area contributed by atoms with Crippen LogP contribution in [-0.2, 0) is 9.59 Å². The summed E-state index contributed by atoms with van der Waals surface area (Å²) >= 11 is 5.84. The molecule has 102 valence electrons. The summed E-state index contributed by atoms with van der Waals surface area (Å²) in [4.78, 5) is 22.4. The third-order valence-electron chi connectivity index (χ3n) is 2.28. The molecule has 0 saturated heterocycles. The number of carbonyl (C=O) groups excluding carboxylic acids is 2. The molecule has 0 aliphatic heterocycles. The van der Waals surface area contributed by atoms with Gasteiger partial charge in [-0.15, -0.1) is 0 Å². The quantitative estimate of drug-likeness (QED) is 0.657. The number of amides is 2. The predicted molar refractivity (Wildman–Crippen MR) is 76.4 cm³/mol. The molecule has 0 radical (unpaired) electrons. The Morgan fingerprint density at radius 1 is 1.32 bits per heavy atom. The van der Waals surface area contributed by atoms with Gasteiger partial charge in [0.05, 0.1) is 6.42 Å². The van der Waals surface area contributed by atoms with Crippen molar-refractivity contribution in [2.75, 3.05) is 5.32 Å². The van der Waals surface area contributed by atoms with E-state index in [0.29, 0.717) is 16.4 Å². The van der Waals surface area contributed by atoms with Crippen molar-refractivity contribution >= 4 is 34.8 Å². The molecule has 0 aliphatic rings. The minimum Gasteiger partial charge on any atom is -0.326 e. The SMILES string of the molecule is CC(=O)N/N=C(/C)CC(=O)Nc1ccc(Cl)cc1C. The van der Waals surface area contributed by atoms with E-state index in [1.165, 1.54) is 6.92 Å². The number of nitrogens with zero attached hydrogens (tertiary/aromatic N) is 1. The number of aryl methyl sites for hydroxylation is 1. The molecule has 19 heavy (non-hydrogen) atoms. The van der Waals surface area contributed by atoms with E-state index in [4.69, 9.17) is 11.6 Å². The molecular weight excluding hydrogens is 266 g/mol. The average Bonchev–Trinajstić information content (AvgIpc) is 2.30. The van der Waals surface area contributed by atoms with Crippen LogP contribution in [0.2, 0.25) is 5.02 Å². The van der Waals surface area contributed by atoms with Crippen LogP contribution in [-0.4, -0.2) is 17.5 Å². The molecule has 0 spiro atoms. The summed E-state index contributed by atoms with van der Waals surface area (Å²) < 4.78 is 0. The topological polar surface area (TPSA) is 70.6 Å². The summed E-state index contributed by atoms with van der Waals surface area (Å²) in [6, 6.07) is 5.23. The first-order valence-corrected chi connectivity index (χ1v) is 6.12. The van der Waals surface area contributed by atoms with Crippen molar-refractivity contribution in [2.24, 2.45) is 5.10 Å². The first kappa shape index (κ1) is 15.2. The monoisotopic (exact) mass is 281 g/mol. The summed E-state index contributed by atoms with van der Waals surface area (Å²) in [5.41, 5.74) is 4.41. The number of hydrogen-bond acceptors (Lipinski definition) is 3. The van der Waals surface area contributed by atoms with Crippen molar-refractivity contribution in [1.29, 1.82) is 0 Å². The lowest BCUT2D eigenvalue weighted by Gasteiger charge is -2.08. The Balaban J connectivity index is 2.60. The third-order valence-corrected chi connectivity index (χ3v) is 2.52. The largest absolute Gasteiger partial charge is 0.326 e. The molecule has 1 aromatic carbocycles. The first-order chi connectivity index (χ1) is 8.88. The highest BCUT2D eigenvalue weighted by Gasteiger charge is 2.07. The van der Waals surface area contributed by atoms with Gasteiger partial charge in [0.2, 0.25) is 11.8 Å². The van der Waals surface area contributed by atoms with E-state index in [1.807, 2.05) is 6.92 Å². The number of hydrazone groups is 1. The van der Waals surface area contributed by atoms with Gasteiger partial charge in [0.1, 0.15) is 0 Å². The molecule has 6 heteroatoms. The standard InChI is InChI=1S/C13H16ClN3O2/c1-8-6-11(14)4-5-12(8)15-13(19)7-9(2)16-17-10(3)18/h4-6H,7H2,1-3H3,(H,15,19)(H,17,18)/b16-9-. The van der Waals surface area contributed by atoms with Gasteiger partial charge in [-0.2, -0.15) is 5.10 Å². The Morgan fingerprint density at radius 2 is 2.00 bits per heavy atom. The van der Waals surface area contributed by atoms with Crippen molar-refractivity contribution in [1.82, 2.24) is 5.43 Å². The summed E-state index contributed by atoms with van der Waals surface area (Å²) in [5, 5.41) is 7.17. The van der Waals surface area contributed by atoms with E-state index in [-0.39, 0.29) is 18.2 Å². The molecule has 2 amide bonds. The van der Waals surface area contributed by atoms with Gasteiger partial charge in [-0.1, -0.05) is 11.6 Å². The molecule has 5 nitrogen and oxygen atoms in total. The van der Waals surface area contributed by atoms with E-state index in [2.05, 4.69) is 15.8 Å². The summed E-state index contributed by atoms with van der Waals surface area (Å²) in [5.74, 6) is -0.467. The van der Waals surface area contributed by atoms with Gasteiger partial charge in [-0.25, -0.2) is 5.43 Å². The van der Waals surface area contributed by atoms with Crippen LogP contribution in [0.4, 0.5) is 5.69 Å². The maximum atomic E-state index is 11.8. The highest BCUT2D eigenvalue weighted by molar-refractivity contribution is 6.30. The Bertz CT molecular complexity index is 527. The number of hydrogen-bond donors (Lipinski definition) is 2. The van der Waals surface area contributed by atoms with Crippen LogP contribution in [0.25, 0.3) is 0 Å². The number of anilines is 1. The van der Waals surface area contributed by atoms with Crippen molar-refractivity contribution in [3.63, 3.8) is 0 Å². The fraction of sp³-hybridized carbons (Fsp3) is 0.308. The minimum absolute atomic E-state index is 0.113. The van der Waals surface area contributed by atoms with E-state index in [9.17, 15) is 9.59 Å². The van der Waals surface area contributed by atoms with Crippen molar-refractivity contribution < 1.29 is 9.59 Å². The molecular formula is C13H16ClN3O2. The van der Waals surface area contributed by atoms with E-state index < -0.39 is 0 Å². The molecule has 0 aliphatic carbocycles. The molecule has 0 bridgehead atoms. The maximum Gasteiger partial charge on any atom is 0.236 e. The molecule has 0 fully saturated rings. The summed E-state index contributed by atoms with van der Waals surface area (Å²) in [6.07, 6.45) is 0.113. The fourth-order valence-corrected chi connectivity index (χ4v) is 1.63. The van der Waals surface area contributed by atoms with E-state index in [1.54, 1.807) is 25.1 Å². The van der Waals surface area contributed by atoms with Gasteiger partial charge in [0.25, 0.3) is 0 Å². The molecule has 0 saturated carbocycles. The van der Waals surface area contributed by atoms with Crippen molar-refractivity contribution in [3.05, 3.63) is 28.8 Å². The summed E-state index contributed by atoms with van der Waals surface area (Å²) in [6.45, 7) is 4.89. The van der Waals surface area contributed by atoms with Crippen molar-refractivity contribution in [3.8, 4) is 0 Å². The van der Waals surface area contributed by atoms with Crippen LogP contribution >= 0.6 is 11.6 Å². The molecule has 0 unspecified atom stereocenters. The number of carbonyl (C=O) groups is 2. The number of rotatable bonds is 4. The lowest BCUT2D eigenvalue weighted by molar-refractivity contribution is -0.119. The Hall–Kier alpha value is -1.88. The number of benzene rings is 1. The van der Waals surface area contributed by atoms with Crippen LogP contribution in [0.3, 0.4) is 0 Å². The molecule has 2 N–H and O–H groups in total. The van der Waals surface area contributed by atoms with Gasteiger partial charge >= 0.3 is 0 Å². The van der Waals surface area contributed by atoms with Crippen LogP contribution < -0.4 is 10.7 Å². The summed E-state index contributed by atoms with van der Waals surface area (Å²) in [7, 11) is 0. The van der Waals surface area contributed by atoms with Gasteiger partial charge in [-0.05, 0) is 37.6 Å². The van der Waals surface area contributed by atoms with Crippen LogP contribution in [0.5, 0.6) is 0 Å². The van der Waals surface area contributed by atoms with Crippen LogP contribution in [0, 0.1) is 6.92 Å². The molecule has 0 aromatic heterocycles. The van der Waals surface area contributed by atoms with Gasteiger partial charge < -0.3 is 5.32 Å². The molecule has 0 atom stereocenters.